The lowest BCUT2D eigenvalue weighted by molar-refractivity contribution is 0.105. The normalized spacial score (nSPS) is 15.2. The second kappa shape index (κ2) is 5.37. The standard InChI is InChI=1S/C9H27O4Si4/c1-14(2,3)11-17(10,12-15(4,5)6)13-16(7,8)9/h1-9H3. The minimum atomic E-state index is -3.72. The van der Waals surface area contributed by atoms with Gasteiger partial charge in [-0.05, 0) is 58.9 Å². The van der Waals surface area contributed by atoms with Crippen molar-refractivity contribution in [1.29, 1.82) is 0 Å². The van der Waals surface area contributed by atoms with Gasteiger partial charge in [0.2, 0.25) is 0 Å². The Kier molecular flexibility index (Phi) is 5.59. The molecular weight excluding hydrogens is 284 g/mol. The lowest BCUT2D eigenvalue weighted by atomic mass is 11.8. The summed E-state index contributed by atoms with van der Waals surface area (Å²) in [6.45, 7) is 17.9. The number of hydrogen-bond acceptors (Lipinski definition) is 3. The SMILES string of the molecule is C[Si](C)(C)O[Si]([O])(O[Si](C)(C)C)O[Si](C)(C)C. The molecule has 0 bridgehead atoms. The highest BCUT2D eigenvalue weighted by atomic mass is 28.5. The Morgan fingerprint density at radius 1 is 0.529 bits per heavy atom. The molecular formula is C9H27O4Si4. The summed E-state index contributed by atoms with van der Waals surface area (Å²) < 4.78 is 17.2. The first kappa shape index (κ1) is 17.7. The van der Waals surface area contributed by atoms with Gasteiger partial charge in [0, 0.05) is 0 Å². The fourth-order valence-corrected chi connectivity index (χ4v) is 11.8. The minimum Gasteiger partial charge on any atom is -0.394 e. The van der Waals surface area contributed by atoms with Gasteiger partial charge in [-0.3, -0.25) is 0 Å². The topological polar surface area (TPSA) is 47.6 Å². The molecule has 103 valence electrons. The molecule has 4 nitrogen and oxygen atoms in total. The summed E-state index contributed by atoms with van der Waals surface area (Å²) >= 11 is 0. The van der Waals surface area contributed by atoms with Gasteiger partial charge >= 0.3 is 9.05 Å². The smallest absolute Gasteiger partial charge is 0.394 e. The van der Waals surface area contributed by atoms with E-state index in [4.69, 9.17) is 12.3 Å². The molecule has 0 aliphatic heterocycles. The molecule has 0 atom stereocenters. The monoisotopic (exact) mass is 311 g/mol. The second-order valence-corrected chi connectivity index (χ2v) is 23.3. The zero-order valence-corrected chi connectivity index (χ0v) is 16.6. The maximum Gasteiger partial charge on any atom is 0.675 e. The van der Waals surface area contributed by atoms with Crippen molar-refractivity contribution in [2.24, 2.45) is 0 Å². The molecule has 0 amide bonds. The van der Waals surface area contributed by atoms with E-state index in [0.29, 0.717) is 0 Å². The third kappa shape index (κ3) is 10.3. The van der Waals surface area contributed by atoms with E-state index in [1.54, 1.807) is 0 Å². The maximum absolute atomic E-state index is 12.7. The average molecular weight is 312 g/mol. The molecule has 17 heavy (non-hydrogen) atoms. The fourth-order valence-electron chi connectivity index (χ4n) is 1.19. The molecule has 8 heteroatoms. The predicted octanol–water partition coefficient (Wildman–Crippen LogP) is 3.41. The largest absolute Gasteiger partial charge is 0.675 e. The predicted molar refractivity (Wildman–Crippen MR) is 79.7 cm³/mol. The van der Waals surface area contributed by atoms with E-state index in [9.17, 15) is 4.80 Å². The fraction of sp³-hybridized carbons (Fsp3) is 1.00. The molecule has 0 saturated carbocycles. The lowest BCUT2D eigenvalue weighted by Gasteiger charge is -2.36. The molecule has 0 aromatic carbocycles. The molecule has 0 aliphatic carbocycles. The molecule has 0 saturated heterocycles. The van der Waals surface area contributed by atoms with Gasteiger partial charge in [0.25, 0.3) is 0 Å². The summed E-state index contributed by atoms with van der Waals surface area (Å²) in [5.41, 5.74) is 0. The quantitative estimate of drug-likeness (QED) is 0.706. The molecule has 0 rings (SSSR count). The molecule has 0 spiro atoms. The van der Waals surface area contributed by atoms with E-state index in [2.05, 4.69) is 0 Å². The van der Waals surface area contributed by atoms with E-state index in [0.717, 1.165) is 0 Å². The van der Waals surface area contributed by atoms with Crippen LogP contribution in [0.1, 0.15) is 0 Å². The molecule has 1 radical (unpaired) electrons. The summed E-state index contributed by atoms with van der Waals surface area (Å²) in [7, 11) is -9.57. The van der Waals surface area contributed by atoms with Crippen molar-refractivity contribution in [3.05, 3.63) is 0 Å². The molecule has 0 unspecified atom stereocenters. The maximum atomic E-state index is 12.7. The zero-order chi connectivity index (χ0) is 14.1. The van der Waals surface area contributed by atoms with Crippen molar-refractivity contribution >= 4 is 34.0 Å². The third-order valence-corrected chi connectivity index (χ3v) is 11.6. The Hall–Kier alpha value is 0.708. The summed E-state index contributed by atoms with van der Waals surface area (Å²) in [6, 6.07) is 0. The van der Waals surface area contributed by atoms with Gasteiger partial charge in [0.15, 0.2) is 25.0 Å². The van der Waals surface area contributed by atoms with Crippen molar-refractivity contribution in [3.63, 3.8) is 0 Å². The van der Waals surface area contributed by atoms with Crippen LogP contribution in [0.15, 0.2) is 0 Å². The Morgan fingerprint density at radius 3 is 0.824 bits per heavy atom. The number of rotatable bonds is 6. The van der Waals surface area contributed by atoms with Crippen molar-refractivity contribution < 1.29 is 17.1 Å². The highest BCUT2D eigenvalue weighted by Gasteiger charge is 2.52. The zero-order valence-electron chi connectivity index (χ0n) is 12.6. The minimum absolute atomic E-state index is 1.95. The molecule has 0 aromatic heterocycles. The van der Waals surface area contributed by atoms with Gasteiger partial charge in [-0.2, -0.15) is 0 Å². The van der Waals surface area contributed by atoms with Crippen molar-refractivity contribution in [3.8, 4) is 0 Å². The molecule has 0 fully saturated rings. The van der Waals surface area contributed by atoms with E-state index in [1.165, 1.54) is 0 Å². The first-order valence-corrected chi connectivity index (χ1v) is 17.8. The molecule has 0 N–H and O–H groups in total. The lowest BCUT2D eigenvalue weighted by Crippen LogP contribution is -2.59. The van der Waals surface area contributed by atoms with Crippen molar-refractivity contribution in [1.82, 2.24) is 0 Å². The van der Waals surface area contributed by atoms with Gasteiger partial charge in [-0.25, -0.2) is 4.80 Å². The first-order chi connectivity index (χ1) is 7.12. The first-order valence-electron chi connectivity index (χ1n) is 5.93. The molecule has 0 aliphatic rings. The Morgan fingerprint density at radius 2 is 0.706 bits per heavy atom. The van der Waals surface area contributed by atoms with Gasteiger partial charge in [0.1, 0.15) is 0 Å². The summed E-state index contributed by atoms with van der Waals surface area (Å²) in [4.78, 5) is 12.7. The van der Waals surface area contributed by atoms with Gasteiger partial charge in [-0.1, -0.05) is 0 Å². The average Bonchev–Trinajstić information content (AvgIpc) is 1.65. The van der Waals surface area contributed by atoms with Crippen LogP contribution in [0.25, 0.3) is 0 Å². The Labute approximate surface area is 110 Å². The summed E-state index contributed by atoms with van der Waals surface area (Å²) in [6.07, 6.45) is 0. The second-order valence-electron chi connectivity index (χ2n) is 7.14. The van der Waals surface area contributed by atoms with Gasteiger partial charge in [-0.15, -0.1) is 0 Å². The van der Waals surface area contributed by atoms with Gasteiger partial charge < -0.3 is 12.3 Å². The van der Waals surface area contributed by atoms with E-state index >= 15 is 0 Å². The molecule has 0 heterocycles. The Balaban J connectivity index is 4.95. The van der Waals surface area contributed by atoms with E-state index in [-0.39, 0.29) is 0 Å². The van der Waals surface area contributed by atoms with Crippen LogP contribution in [-0.2, 0) is 17.1 Å². The van der Waals surface area contributed by atoms with Crippen molar-refractivity contribution in [2.45, 2.75) is 58.9 Å². The van der Waals surface area contributed by atoms with Crippen LogP contribution in [0.4, 0.5) is 0 Å². The van der Waals surface area contributed by atoms with Crippen LogP contribution in [0.2, 0.25) is 58.9 Å². The van der Waals surface area contributed by atoms with Crippen LogP contribution >= 0.6 is 0 Å². The van der Waals surface area contributed by atoms with Crippen LogP contribution in [0.3, 0.4) is 0 Å². The Bertz CT molecular complexity index is 210. The number of hydrogen-bond donors (Lipinski definition) is 0. The van der Waals surface area contributed by atoms with E-state index in [1.807, 2.05) is 58.9 Å². The van der Waals surface area contributed by atoms with Crippen molar-refractivity contribution in [2.75, 3.05) is 0 Å². The van der Waals surface area contributed by atoms with Crippen LogP contribution < -0.4 is 0 Å². The summed E-state index contributed by atoms with van der Waals surface area (Å²) in [5, 5.41) is 0. The van der Waals surface area contributed by atoms with Crippen LogP contribution in [0.5, 0.6) is 0 Å². The van der Waals surface area contributed by atoms with Crippen LogP contribution in [0, 0.1) is 0 Å². The third-order valence-electron chi connectivity index (χ3n) is 1.29. The highest BCUT2D eigenvalue weighted by Crippen LogP contribution is 2.23. The van der Waals surface area contributed by atoms with Crippen LogP contribution in [-0.4, -0.2) is 34.0 Å². The van der Waals surface area contributed by atoms with E-state index < -0.39 is 34.0 Å². The molecule has 0 aromatic rings. The highest BCUT2D eigenvalue weighted by molar-refractivity contribution is 6.87. The van der Waals surface area contributed by atoms with Gasteiger partial charge in [0.05, 0.1) is 0 Å². The summed E-state index contributed by atoms with van der Waals surface area (Å²) in [5.74, 6) is 0.